The molecule has 0 fully saturated rings. The van der Waals surface area contributed by atoms with Gasteiger partial charge >= 0.3 is 0 Å². The molecule has 0 aliphatic carbocycles. The van der Waals surface area contributed by atoms with Gasteiger partial charge in [0.15, 0.2) is 11.0 Å². The molecule has 1 aromatic carbocycles. The first-order valence-electron chi connectivity index (χ1n) is 7.46. The number of imidazole rings is 1. The number of benzene rings is 1. The zero-order valence-corrected chi connectivity index (χ0v) is 15.1. The van der Waals surface area contributed by atoms with Gasteiger partial charge < -0.3 is 9.30 Å². The van der Waals surface area contributed by atoms with Crippen molar-refractivity contribution in [3.8, 4) is 17.3 Å². The third-order valence-corrected chi connectivity index (χ3v) is 5.58. The van der Waals surface area contributed by atoms with Crippen LogP contribution in [0.5, 0.6) is 5.75 Å². The van der Waals surface area contributed by atoms with Crippen molar-refractivity contribution in [3.63, 3.8) is 0 Å². The molecule has 1 N–H and O–H groups in total. The van der Waals surface area contributed by atoms with Crippen LogP contribution in [0.1, 0.15) is 9.67 Å². The third kappa shape index (κ3) is 3.01. The molecular weight excluding hydrogens is 356 g/mol. The van der Waals surface area contributed by atoms with Crippen LogP contribution in [-0.4, -0.2) is 27.6 Å². The summed E-state index contributed by atoms with van der Waals surface area (Å²) < 4.78 is 8.13. The van der Waals surface area contributed by atoms with Gasteiger partial charge in [0, 0.05) is 29.5 Å². The summed E-state index contributed by atoms with van der Waals surface area (Å²) in [5.41, 5.74) is 0.744. The summed E-state index contributed by atoms with van der Waals surface area (Å²) in [6.07, 6.45) is 3.58. The number of thiophene rings is 1. The van der Waals surface area contributed by atoms with Crippen LogP contribution >= 0.6 is 22.7 Å². The Morgan fingerprint density at radius 3 is 2.96 bits per heavy atom. The van der Waals surface area contributed by atoms with Crippen LogP contribution in [0.25, 0.3) is 21.6 Å². The third-order valence-electron chi connectivity index (χ3n) is 3.73. The Kier molecular flexibility index (Phi) is 3.98. The van der Waals surface area contributed by atoms with E-state index in [-0.39, 0.29) is 5.91 Å². The van der Waals surface area contributed by atoms with Crippen LogP contribution in [0.2, 0.25) is 0 Å². The number of thiazole rings is 1. The van der Waals surface area contributed by atoms with Crippen molar-refractivity contribution in [2.75, 3.05) is 12.4 Å². The van der Waals surface area contributed by atoms with Crippen molar-refractivity contribution in [1.29, 1.82) is 0 Å². The maximum absolute atomic E-state index is 12.5. The molecule has 126 valence electrons. The first-order chi connectivity index (χ1) is 12.1. The summed E-state index contributed by atoms with van der Waals surface area (Å²) in [5.74, 6) is 1.38. The Balaban J connectivity index is 1.56. The molecule has 6 nitrogen and oxygen atoms in total. The number of ether oxygens (including phenoxy) is 1. The number of hydrogen-bond donors (Lipinski definition) is 1. The number of rotatable bonds is 4. The fourth-order valence-electron chi connectivity index (χ4n) is 2.46. The topological polar surface area (TPSA) is 69.0 Å². The summed E-state index contributed by atoms with van der Waals surface area (Å²) in [4.78, 5) is 21.9. The second-order valence-electron chi connectivity index (χ2n) is 5.37. The van der Waals surface area contributed by atoms with Gasteiger partial charge in [0.25, 0.3) is 5.91 Å². The molecule has 8 heteroatoms. The fraction of sp³-hybridized carbons (Fsp3) is 0.118. The first-order valence-corrected chi connectivity index (χ1v) is 9.16. The molecule has 4 aromatic rings. The summed E-state index contributed by atoms with van der Waals surface area (Å²) in [5, 5.41) is 6.31. The van der Waals surface area contributed by atoms with Crippen molar-refractivity contribution < 1.29 is 9.53 Å². The van der Waals surface area contributed by atoms with Gasteiger partial charge in [-0.25, -0.2) is 9.97 Å². The summed E-state index contributed by atoms with van der Waals surface area (Å²) in [6, 6.07) is 7.64. The SMILES string of the molecule is COc1ccc2cc(C(=O)Nc3nc(-c4nccn4C)cs3)sc2c1. The van der Waals surface area contributed by atoms with Crippen molar-refractivity contribution in [2.45, 2.75) is 0 Å². The molecule has 3 aromatic heterocycles. The molecule has 0 aliphatic rings. The second kappa shape index (κ2) is 6.30. The molecule has 0 bridgehead atoms. The summed E-state index contributed by atoms with van der Waals surface area (Å²) in [7, 11) is 3.54. The molecule has 4 rings (SSSR count). The number of nitrogens with one attached hydrogen (secondary N) is 1. The van der Waals surface area contributed by atoms with E-state index in [2.05, 4.69) is 15.3 Å². The molecule has 0 radical (unpaired) electrons. The van der Waals surface area contributed by atoms with Crippen molar-refractivity contribution >= 4 is 43.8 Å². The lowest BCUT2D eigenvalue weighted by molar-refractivity contribution is 0.103. The van der Waals surface area contributed by atoms with Crippen molar-refractivity contribution in [3.05, 3.63) is 46.9 Å². The Hall–Kier alpha value is -2.71. The van der Waals surface area contributed by atoms with Gasteiger partial charge in [0.2, 0.25) is 0 Å². The minimum Gasteiger partial charge on any atom is -0.497 e. The van der Waals surface area contributed by atoms with E-state index in [1.165, 1.54) is 22.7 Å². The second-order valence-corrected chi connectivity index (χ2v) is 7.31. The Morgan fingerprint density at radius 2 is 2.20 bits per heavy atom. The molecule has 0 saturated heterocycles. The fourth-order valence-corrected chi connectivity index (χ4v) is 4.13. The lowest BCUT2D eigenvalue weighted by atomic mass is 10.2. The van der Waals surface area contributed by atoms with E-state index in [0.717, 1.165) is 27.4 Å². The predicted molar refractivity (Wildman–Crippen MR) is 101 cm³/mol. The molecular formula is C17H14N4O2S2. The number of carbonyl (C=O) groups is 1. The number of hydrogen-bond acceptors (Lipinski definition) is 6. The number of aryl methyl sites for hydroxylation is 1. The van der Waals surface area contributed by atoms with Gasteiger partial charge in [0.05, 0.1) is 12.0 Å². The number of nitrogens with zero attached hydrogens (tertiary/aromatic N) is 3. The number of amides is 1. The van der Waals surface area contributed by atoms with E-state index < -0.39 is 0 Å². The molecule has 0 atom stereocenters. The molecule has 3 heterocycles. The largest absolute Gasteiger partial charge is 0.497 e. The Bertz CT molecular complexity index is 1060. The average molecular weight is 370 g/mol. The summed E-state index contributed by atoms with van der Waals surface area (Å²) in [6.45, 7) is 0. The zero-order chi connectivity index (χ0) is 17.4. The van der Waals surface area contributed by atoms with Crippen LogP contribution in [0.3, 0.4) is 0 Å². The van der Waals surface area contributed by atoms with E-state index in [0.29, 0.717) is 10.0 Å². The smallest absolute Gasteiger partial charge is 0.267 e. The van der Waals surface area contributed by atoms with Crippen molar-refractivity contribution in [2.24, 2.45) is 7.05 Å². The van der Waals surface area contributed by atoms with Crippen LogP contribution in [0.4, 0.5) is 5.13 Å². The monoisotopic (exact) mass is 370 g/mol. The van der Waals surface area contributed by atoms with Crippen molar-refractivity contribution in [1.82, 2.24) is 14.5 Å². The molecule has 25 heavy (non-hydrogen) atoms. The first kappa shape index (κ1) is 15.8. The number of methoxy groups -OCH3 is 1. The number of anilines is 1. The minimum absolute atomic E-state index is 0.166. The Labute approximate surface area is 151 Å². The maximum Gasteiger partial charge on any atom is 0.267 e. The highest BCUT2D eigenvalue weighted by molar-refractivity contribution is 7.21. The van der Waals surface area contributed by atoms with E-state index in [1.807, 2.05) is 47.5 Å². The minimum atomic E-state index is -0.166. The number of fused-ring (bicyclic) bond motifs is 1. The average Bonchev–Trinajstić information content (AvgIpc) is 3.32. The van der Waals surface area contributed by atoms with E-state index in [4.69, 9.17) is 4.74 Å². The van der Waals surface area contributed by atoms with Crippen LogP contribution in [-0.2, 0) is 7.05 Å². The number of carbonyl (C=O) groups excluding carboxylic acids is 1. The molecule has 0 spiro atoms. The van der Waals surface area contributed by atoms with Gasteiger partial charge in [-0.3, -0.25) is 10.1 Å². The van der Waals surface area contributed by atoms with Gasteiger partial charge in [-0.15, -0.1) is 22.7 Å². The quantitative estimate of drug-likeness (QED) is 0.589. The van der Waals surface area contributed by atoms with Gasteiger partial charge in [-0.05, 0) is 29.7 Å². The van der Waals surface area contributed by atoms with Crippen LogP contribution in [0.15, 0.2) is 42.0 Å². The van der Waals surface area contributed by atoms with E-state index in [1.54, 1.807) is 13.3 Å². The van der Waals surface area contributed by atoms with E-state index >= 15 is 0 Å². The number of aromatic nitrogens is 3. The lowest BCUT2D eigenvalue weighted by Gasteiger charge is -1.98. The highest BCUT2D eigenvalue weighted by Crippen LogP contribution is 2.30. The molecule has 0 unspecified atom stereocenters. The lowest BCUT2D eigenvalue weighted by Crippen LogP contribution is -2.09. The Morgan fingerprint density at radius 1 is 1.32 bits per heavy atom. The maximum atomic E-state index is 12.5. The molecule has 0 saturated carbocycles. The van der Waals surface area contributed by atoms with Gasteiger partial charge in [-0.1, -0.05) is 0 Å². The highest BCUT2D eigenvalue weighted by Gasteiger charge is 2.14. The van der Waals surface area contributed by atoms with E-state index in [9.17, 15) is 4.79 Å². The predicted octanol–water partition coefficient (Wildman–Crippen LogP) is 4.02. The standard InChI is InChI=1S/C17H14N4O2S2/c1-21-6-5-18-15(21)12-9-24-17(19-12)20-16(22)14-7-10-3-4-11(23-2)8-13(10)25-14/h3-9H,1-2H3,(H,19,20,22). The molecule has 0 aliphatic heterocycles. The molecule has 1 amide bonds. The zero-order valence-electron chi connectivity index (χ0n) is 13.5. The van der Waals surface area contributed by atoms with Gasteiger partial charge in [-0.2, -0.15) is 0 Å². The van der Waals surface area contributed by atoms with Crippen LogP contribution in [0, 0.1) is 0 Å². The normalized spacial score (nSPS) is 11.0. The summed E-state index contributed by atoms with van der Waals surface area (Å²) >= 11 is 2.81. The van der Waals surface area contributed by atoms with Crippen LogP contribution < -0.4 is 10.1 Å². The van der Waals surface area contributed by atoms with Gasteiger partial charge in [0.1, 0.15) is 11.4 Å². The highest BCUT2D eigenvalue weighted by atomic mass is 32.1.